The first-order chi connectivity index (χ1) is 21.9. The minimum Gasteiger partial charge on any atom is -0.488 e. The number of aromatic amines is 1. The lowest BCUT2D eigenvalue weighted by Gasteiger charge is -2.35. The lowest BCUT2D eigenvalue weighted by atomic mass is 10.1. The Morgan fingerprint density at radius 3 is 2.13 bits per heavy atom. The number of anilines is 1. The van der Waals surface area contributed by atoms with Crippen molar-refractivity contribution in [2.24, 2.45) is 0 Å². The molecule has 2 aromatic heterocycles. The van der Waals surface area contributed by atoms with Crippen molar-refractivity contribution >= 4 is 28.4 Å². The second-order valence-corrected chi connectivity index (χ2v) is 11.6. The maximum atomic E-state index is 12.7. The highest BCUT2D eigenvalue weighted by molar-refractivity contribution is 5.93. The van der Waals surface area contributed by atoms with Gasteiger partial charge in [-0.2, -0.15) is 5.10 Å². The van der Waals surface area contributed by atoms with Crippen LogP contribution in [0.15, 0.2) is 30.6 Å². The van der Waals surface area contributed by atoms with Gasteiger partial charge in [0.15, 0.2) is 0 Å². The lowest BCUT2D eigenvalue weighted by molar-refractivity contribution is -0.132. The number of benzene rings is 1. The molecule has 2 fully saturated rings. The summed E-state index contributed by atoms with van der Waals surface area (Å²) in [5.74, 6) is 1.85. The molecule has 45 heavy (non-hydrogen) atoms. The quantitative estimate of drug-likeness (QED) is 0.197. The summed E-state index contributed by atoms with van der Waals surface area (Å²) in [7, 11) is 0. The monoisotopic (exact) mass is 624 g/mol. The summed E-state index contributed by atoms with van der Waals surface area (Å²) in [5, 5.41) is 8.60. The third-order valence-electron chi connectivity index (χ3n) is 7.88. The number of fused-ring (bicyclic) bond motifs is 1. The van der Waals surface area contributed by atoms with Gasteiger partial charge >= 0.3 is 0 Å². The van der Waals surface area contributed by atoms with E-state index in [0.717, 1.165) is 46.7 Å². The van der Waals surface area contributed by atoms with Crippen LogP contribution in [0.3, 0.4) is 0 Å². The van der Waals surface area contributed by atoms with E-state index in [1.807, 2.05) is 29.2 Å². The molecule has 1 saturated heterocycles. The Labute approximate surface area is 263 Å². The van der Waals surface area contributed by atoms with Crippen LogP contribution in [-0.4, -0.2) is 121 Å². The molecule has 1 aliphatic carbocycles. The summed E-state index contributed by atoms with van der Waals surface area (Å²) in [5.41, 5.74) is 2.36. The molecule has 0 radical (unpaired) electrons. The van der Waals surface area contributed by atoms with Gasteiger partial charge in [0, 0.05) is 44.1 Å². The standard InChI is InChI=1S/C32H44N6O7/c1-24(39)5-13-41-15-17-43-19-20-44-18-16-42-14-6-30(40)38-11-9-37(10-12-38)29-22-28(33-23-34-29)31-26-21-25(45-32(2)7-8-32)3-4-27(26)35-36-31/h3-4,21-23H,5-20H2,1-2H3,(H,35,36). The molecule has 1 N–H and O–H groups in total. The molecule has 5 rings (SSSR count). The molecular weight excluding hydrogens is 580 g/mol. The zero-order chi connectivity index (χ0) is 31.5. The highest BCUT2D eigenvalue weighted by atomic mass is 16.6. The molecule has 13 heteroatoms. The molecule has 0 bridgehead atoms. The number of carbonyl (C=O) groups is 2. The minimum absolute atomic E-state index is 0.0576. The Morgan fingerprint density at radius 1 is 0.844 bits per heavy atom. The first kappa shape index (κ1) is 32.7. The van der Waals surface area contributed by atoms with Gasteiger partial charge in [-0.1, -0.05) is 0 Å². The van der Waals surface area contributed by atoms with E-state index in [2.05, 4.69) is 32.0 Å². The number of rotatable bonds is 19. The van der Waals surface area contributed by atoms with Crippen molar-refractivity contribution in [3.8, 4) is 17.1 Å². The normalized spacial score (nSPS) is 15.9. The van der Waals surface area contributed by atoms with Crippen molar-refractivity contribution in [1.29, 1.82) is 0 Å². The summed E-state index contributed by atoms with van der Waals surface area (Å²) in [6.45, 7) is 9.77. The van der Waals surface area contributed by atoms with Crippen molar-refractivity contribution in [2.75, 3.05) is 83.9 Å². The average Bonchev–Trinajstić information content (AvgIpc) is 3.62. The number of carbonyl (C=O) groups excluding carboxylic acids is 2. The zero-order valence-electron chi connectivity index (χ0n) is 26.3. The lowest BCUT2D eigenvalue weighted by Crippen LogP contribution is -2.49. The summed E-state index contributed by atoms with van der Waals surface area (Å²) in [4.78, 5) is 36.6. The molecule has 3 heterocycles. The Hall–Kier alpha value is -3.65. The van der Waals surface area contributed by atoms with Crippen LogP contribution in [0.4, 0.5) is 5.82 Å². The molecule has 244 valence electrons. The second-order valence-electron chi connectivity index (χ2n) is 11.6. The highest BCUT2D eigenvalue weighted by Crippen LogP contribution is 2.40. The molecule has 1 aliphatic heterocycles. The molecule has 0 spiro atoms. The molecule has 0 atom stereocenters. The molecule has 1 aromatic carbocycles. The molecule has 2 aliphatic rings. The van der Waals surface area contributed by atoms with E-state index >= 15 is 0 Å². The van der Waals surface area contributed by atoms with Crippen LogP contribution < -0.4 is 9.64 Å². The maximum Gasteiger partial charge on any atom is 0.225 e. The second kappa shape index (κ2) is 16.1. The van der Waals surface area contributed by atoms with E-state index in [0.29, 0.717) is 91.9 Å². The van der Waals surface area contributed by atoms with Crippen LogP contribution in [-0.2, 0) is 28.5 Å². The number of piperazine rings is 1. The molecule has 3 aromatic rings. The fourth-order valence-electron chi connectivity index (χ4n) is 4.94. The summed E-state index contributed by atoms with van der Waals surface area (Å²) < 4.78 is 27.9. The highest BCUT2D eigenvalue weighted by Gasteiger charge is 2.40. The van der Waals surface area contributed by atoms with Crippen molar-refractivity contribution in [3.05, 3.63) is 30.6 Å². The fourth-order valence-corrected chi connectivity index (χ4v) is 4.94. The number of nitrogens with one attached hydrogen (secondary N) is 1. The first-order valence-electron chi connectivity index (χ1n) is 15.7. The van der Waals surface area contributed by atoms with Gasteiger partial charge in [-0.05, 0) is 44.9 Å². The number of amides is 1. The van der Waals surface area contributed by atoms with Gasteiger partial charge < -0.3 is 33.5 Å². The third kappa shape index (κ3) is 9.92. The van der Waals surface area contributed by atoms with Crippen LogP contribution in [0.2, 0.25) is 0 Å². The number of ketones is 1. The largest absolute Gasteiger partial charge is 0.488 e. The van der Waals surface area contributed by atoms with Gasteiger partial charge in [0.25, 0.3) is 0 Å². The molecular formula is C32H44N6O7. The number of ether oxygens (including phenoxy) is 5. The van der Waals surface area contributed by atoms with E-state index < -0.39 is 0 Å². The minimum atomic E-state index is -0.0576. The summed E-state index contributed by atoms with van der Waals surface area (Å²) in [6.07, 6.45) is 4.47. The topological polar surface area (TPSA) is 141 Å². The van der Waals surface area contributed by atoms with Gasteiger partial charge in [-0.15, -0.1) is 0 Å². The van der Waals surface area contributed by atoms with Gasteiger partial charge in [-0.3, -0.25) is 14.7 Å². The summed E-state index contributed by atoms with van der Waals surface area (Å²) in [6, 6.07) is 7.94. The van der Waals surface area contributed by atoms with Gasteiger partial charge in [0.2, 0.25) is 5.91 Å². The Bertz CT molecular complexity index is 1400. The maximum absolute atomic E-state index is 12.7. The average molecular weight is 625 g/mol. The van der Waals surface area contributed by atoms with Gasteiger partial charge in [0.05, 0.1) is 70.5 Å². The van der Waals surface area contributed by atoms with Crippen molar-refractivity contribution in [2.45, 2.75) is 45.1 Å². The van der Waals surface area contributed by atoms with E-state index in [1.165, 1.54) is 0 Å². The van der Waals surface area contributed by atoms with Gasteiger partial charge in [0.1, 0.15) is 35.0 Å². The molecule has 1 amide bonds. The van der Waals surface area contributed by atoms with Crippen LogP contribution in [0.1, 0.15) is 39.5 Å². The Morgan fingerprint density at radius 2 is 1.49 bits per heavy atom. The molecule has 1 saturated carbocycles. The predicted octanol–water partition coefficient (Wildman–Crippen LogP) is 3.04. The Balaban J connectivity index is 0.968. The van der Waals surface area contributed by atoms with Crippen LogP contribution in [0.5, 0.6) is 5.75 Å². The number of aromatic nitrogens is 4. The van der Waals surface area contributed by atoms with Gasteiger partial charge in [-0.25, -0.2) is 9.97 Å². The number of nitrogens with zero attached hydrogens (tertiary/aromatic N) is 5. The first-order valence-corrected chi connectivity index (χ1v) is 15.7. The smallest absolute Gasteiger partial charge is 0.225 e. The van der Waals surface area contributed by atoms with Crippen molar-refractivity contribution < 1.29 is 33.3 Å². The van der Waals surface area contributed by atoms with Crippen LogP contribution in [0, 0.1) is 0 Å². The van der Waals surface area contributed by atoms with E-state index in [-0.39, 0.29) is 17.3 Å². The predicted molar refractivity (Wildman–Crippen MR) is 167 cm³/mol. The van der Waals surface area contributed by atoms with Crippen molar-refractivity contribution in [1.82, 2.24) is 25.1 Å². The third-order valence-corrected chi connectivity index (χ3v) is 7.88. The SMILES string of the molecule is CC(=O)CCOCCOCCOCCOCCC(=O)N1CCN(c2cc(-c3n[nH]c4ccc(OC5(C)CC5)cc34)ncn2)CC1. The summed E-state index contributed by atoms with van der Waals surface area (Å²) >= 11 is 0. The number of Topliss-reactive ketones (excluding diaryl/α,β-unsaturated/α-hetero) is 1. The van der Waals surface area contributed by atoms with Crippen molar-refractivity contribution in [3.63, 3.8) is 0 Å². The molecule has 0 unspecified atom stereocenters. The number of hydrogen-bond acceptors (Lipinski definition) is 11. The fraction of sp³-hybridized carbons (Fsp3) is 0.594. The van der Waals surface area contributed by atoms with E-state index in [1.54, 1.807) is 13.3 Å². The van der Waals surface area contributed by atoms with Crippen LogP contribution >= 0.6 is 0 Å². The zero-order valence-corrected chi connectivity index (χ0v) is 26.3. The number of hydrogen-bond donors (Lipinski definition) is 1. The number of H-pyrrole nitrogens is 1. The Kier molecular flexibility index (Phi) is 11.7. The molecule has 13 nitrogen and oxygen atoms in total. The van der Waals surface area contributed by atoms with Crippen LogP contribution in [0.25, 0.3) is 22.3 Å². The van der Waals surface area contributed by atoms with E-state index in [9.17, 15) is 9.59 Å². The van der Waals surface area contributed by atoms with E-state index in [4.69, 9.17) is 23.7 Å².